The van der Waals surface area contributed by atoms with Crippen LogP contribution in [0.25, 0.3) is 0 Å². The highest BCUT2D eigenvalue weighted by atomic mass is 16.2. The predicted molar refractivity (Wildman–Crippen MR) is 71.0 cm³/mol. The maximum absolute atomic E-state index is 12.3. The lowest BCUT2D eigenvalue weighted by molar-refractivity contribution is -0.130. The molecule has 3 nitrogen and oxygen atoms in total. The van der Waals surface area contributed by atoms with Gasteiger partial charge in [0.1, 0.15) is 0 Å². The van der Waals surface area contributed by atoms with Gasteiger partial charge in [0.2, 0.25) is 5.91 Å². The second kappa shape index (κ2) is 4.39. The Hall–Kier alpha value is -1.35. The van der Waals surface area contributed by atoms with Crippen molar-refractivity contribution in [3.8, 4) is 0 Å². The minimum Gasteiger partial charge on any atom is -0.326 e. The van der Waals surface area contributed by atoms with Crippen LogP contribution in [-0.4, -0.2) is 29.6 Å². The molecule has 2 fully saturated rings. The number of nitrogens with zero attached hydrogens (tertiary/aromatic N) is 1. The van der Waals surface area contributed by atoms with Gasteiger partial charge >= 0.3 is 0 Å². The van der Waals surface area contributed by atoms with Gasteiger partial charge in [-0.05, 0) is 37.7 Å². The first-order valence-corrected chi connectivity index (χ1v) is 6.81. The molecule has 0 aromatic heterocycles. The van der Waals surface area contributed by atoms with E-state index in [-0.39, 0.29) is 17.6 Å². The lowest BCUT2D eigenvalue weighted by Crippen LogP contribution is -2.48. The summed E-state index contributed by atoms with van der Waals surface area (Å²) >= 11 is 0. The second-order valence-electron chi connectivity index (χ2n) is 5.52. The van der Waals surface area contributed by atoms with Gasteiger partial charge < -0.3 is 4.90 Å². The van der Waals surface area contributed by atoms with E-state index in [0.717, 1.165) is 19.3 Å². The molecule has 1 aliphatic carbocycles. The van der Waals surface area contributed by atoms with E-state index in [9.17, 15) is 4.79 Å². The van der Waals surface area contributed by atoms with Crippen LogP contribution in [0.2, 0.25) is 0 Å². The quantitative estimate of drug-likeness (QED) is 0.862. The van der Waals surface area contributed by atoms with Gasteiger partial charge in [0.05, 0.1) is 11.7 Å². The van der Waals surface area contributed by atoms with Crippen LogP contribution in [0.3, 0.4) is 0 Å². The summed E-state index contributed by atoms with van der Waals surface area (Å²) in [5.74, 6) is 0.251. The molecule has 1 amide bonds. The molecule has 96 valence electrons. The van der Waals surface area contributed by atoms with Crippen LogP contribution in [0.1, 0.15) is 31.2 Å². The fraction of sp³-hybridized carbons (Fsp3) is 0.533. The average molecular weight is 244 g/mol. The third-order valence-electron chi connectivity index (χ3n) is 4.43. The smallest absolute Gasteiger partial charge is 0.241 e. The van der Waals surface area contributed by atoms with Crippen molar-refractivity contribution in [1.29, 1.82) is 0 Å². The number of likely N-dealkylation sites (N-methyl/N-ethyl adjacent to an activating group) is 1. The second-order valence-corrected chi connectivity index (χ2v) is 5.52. The summed E-state index contributed by atoms with van der Waals surface area (Å²) < 4.78 is 0. The zero-order valence-corrected chi connectivity index (χ0v) is 10.9. The van der Waals surface area contributed by atoms with Crippen molar-refractivity contribution in [3.05, 3.63) is 35.9 Å². The molecule has 18 heavy (non-hydrogen) atoms. The summed E-state index contributed by atoms with van der Waals surface area (Å²) in [6.07, 6.45) is 5.44. The molecule has 1 aliphatic heterocycles. The van der Waals surface area contributed by atoms with Gasteiger partial charge in [-0.25, -0.2) is 0 Å². The maximum Gasteiger partial charge on any atom is 0.241 e. The topological polar surface area (TPSA) is 32.3 Å². The molecule has 1 saturated carbocycles. The van der Waals surface area contributed by atoms with Gasteiger partial charge in [-0.2, -0.15) is 0 Å². The van der Waals surface area contributed by atoms with E-state index < -0.39 is 0 Å². The molecule has 0 bridgehead atoms. The van der Waals surface area contributed by atoms with Crippen molar-refractivity contribution in [3.63, 3.8) is 0 Å². The molecule has 1 spiro atoms. The molecule has 1 heterocycles. The number of carbonyl (C=O) groups excluding carboxylic acids is 1. The van der Waals surface area contributed by atoms with E-state index in [4.69, 9.17) is 0 Å². The van der Waals surface area contributed by atoms with Crippen molar-refractivity contribution in [2.45, 2.75) is 43.8 Å². The molecule has 1 N–H and O–H groups in total. The third kappa shape index (κ3) is 1.83. The van der Waals surface area contributed by atoms with E-state index in [1.165, 1.54) is 18.4 Å². The highest BCUT2D eigenvalue weighted by molar-refractivity contribution is 5.85. The van der Waals surface area contributed by atoms with Crippen molar-refractivity contribution in [2.24, 2.45) is 0 Å². The molecule has 0 radical (unpaired) electrons. The largest absolute Gasteiger partial charge is 0.326 e. The number of amides is 1. The number of rotatable bonds is 2. The van der Waals surface area contributed by atoms with Crippen LogP contribution in [0.5, 0.6) is 0 Å². The van der Waals surface area contributed by atoms with Crippen LogP contribution >= 0.6 is 0 Å². The lowest BCUT2D eigenvalue weighted by Gasteiger charge is -2.31. The zero-order valence-electron chi connectivity index (χ0n) is 10.9. The molecular weight excluding hydrogens is 224 g/mol. The molecule has 1 atom stereocenters. The molecule has 1 saturated heterocycles. The number of benzene rings is 1. The molecular formula is C15H20N2O. The zero-order chi connectivity index (χ0) is 12.6. The highest BCUT2D eigenvalue weighted by Gasteiger charge is 2.49. The summed E-state index contributed by atoms with van der Waals surface area (Å²) in [4.78, 5) is 14.3. The number of hydrogen-bond donors (Lipinski definition) is 1. The van der Waals surface area contributed by atoms with Crippen LogP contribution in [0.15, 0.2) is 30.3 Å². The number of hydrogen-bond acceptors (Lipinski definition) is 2. The standard InChI is InChI=1S/C15H20N2O/c1-17-14(18)13(11-12-7-3-2-4-8-12)16-15(17)9-5-6-10-15/h2-4,7-8,13,16H,5-6,9-11H2,1H3/t13-/m1/s1. The van der Waals surface area contributed by atoms with Crippen molar-refractivity contribution < 1.29 is 4.79 Å². The predicted octanol–water partition coefficient (Wildman–Crippen LogP) is 1.93. The first-order chi connectivity index (χ1) is 8.71. The van der Waals surface area contributed by atoms with Gasteiger partial charge in [-0.3, -0.25) is 10.1 Å². The summed E-state index contributed by atoms with van der Waals surface area (Å²) in [7, 11) is 1.95. The van der Waals surface area contributed by atoms with E-state index in [2.05, 4.69) is 17.4 Å². The van der Waals surface area contributed by atoms with Gasteiger partial charge in [0.25, 0.3) is 0 Å². The normalized spacial score (nSPS) is 26.2. The summed E-state index contributed by atoms with van der Waals surface area (Å²) in [6, 6.07) is 10.2. The van der Waals surface area contributed by atoms with Crippen LogP contribution in [-0.2, 0) is 11.2 Å². The van der Waals surface area contributed by atoms with E-state index >= 15 is 0 Å². The SMILES string of the molecule is CN1C(=O)[C@@H](Cc2ccccc2)NC12CCCC2. The first kappa shape index (κ1) is 11.7. The van der Waals surface area contributed by atoms with Gasteiger partial charge in [0.15, 0.2) is 0 Å². The summed E-state index contributed by atoms with van der Waals surface area (Å²) in [5, 5.41) is 3.59. The monoisotopic (exact) mass is 244 g/mol. The van der Waals surface area contributed by atoms with Gasteiger partial charge in [0, 0.05) is 7.05 Å². The Bertz CT molecular complexity index is 437. The van der Waals surface area contributed by atoms with Crippen molar-refractivity contribution in [2.75, 3.05) is 7.05 Å². The average Bonchev–Trinajstić information content (AvgIpc) is 2.94. The number of carbonyl (C=O) groups is 1. The Morgan fingerprint density at radius 2 is 1.94 bits per heavy atom. The van der Waals surface area contributed by atoms with Gasteiger partial charge in [-0.15, -0.1) is 0 Å². The molecule has 0 unspecified atom stereocenters. The van der Waals surface area contributed by atoms with E-state index in [1.54, 1.807) is 0 Å². The molecule has 2 aliphatic rings. The van der Waals surface area contributed by atoms with Crippen LogP contribution < -0.4 is 5.32 Å². The third-order valence-corrected chi connectivity index (χ3v) is 4.43. The van der Waals surface area contributed by atoms with E-state index in [1.807, 2.05) is 30.1 Å². The Kier molecular flexibility index (Phi) is 2.86. The van der Waals surface area contributed by atoms with E-state index in [0.29, 0.717) is 0 Å². The fourth-order valence-electron chi connectivity index (χ4n) is 3.36. The number of nitrogens with one attached hydrogen (secondary N) is 1. The lowest BCUT2D eigenvalue weighted by atomic mass is 10.1. The fourth-order valence-corrected chi connectivity index (χ4v) is 3.36. The summed E-state index contributed by atoms with van der Waals surface area (Å²) in [6.45, 7) is 0. The highest BCUT2D eigenvalue weighted by Crippen LogP contribution is 2.36. The molecule has 1 aromatic carbocycles. The van der Waals surface area contributed by atoms with Crippen molar-refractivity contribution >= 4 is 5.91 Å². The molecule has 3 rings (SSSR count). The Morgan fingerprint density at radius 3 is 2.61 bits per heavy atom. The summed E-state index contributed by atoms with van der Waals surface area (Å²) in [5.41, 5.74) is 1.18. The van der Waals surface area contributed by atoms with Crippen LogP contribution in [0, 0.1) is 0 Å². The minimum atomic E-state index is -0.0458. The first-order valence-electron chi connectivity index (χ1n) is 6.81. The Labute approximate surface area is 108 Å². The minimum absolute atomic E-state index is 0.0451. The van der Waals surface area contributed by atoms with Gasteiger partial charge in [-0.1, -0.05) is 30.3 Å². The maximum atomic E-state index is 12.3. The van der Waals surface area contributed by atoms with Crippen LogP contribution in [0.4, 0.5) is 0 Å². The van der Waals surface area contributed by atoms with Crippen molar-refractivity contribution in [1.82, 2.24) is 10.2 Å². The molecule has 3 heteroatoms. The molecule has 1 aromatic rings. The Balaban J connectivity index is 1.77. The Morgan fingerprint density at radius 1 is 1.28 bits per heavy atom.